The van der Waals surface area contributed by atoms with Crippen molar-refractivity contribution in [2.24, 2.45) is 5.92 Å². The number of likely N-dealkylation sites (N-methyl/N-ethyl adjacent to an activating group) is 1. The normalized spacial score (nSPS) is 16.6. The summed E-state index contributed by atoms with van der Waals surface area (Å²) >= 11 is 0. The monoisotopic (exact) mass is 217 g/mol. The second-order valence-electron chi connectivity index (χ2n) is 4.18. The molecule has 0 unspecified atom stereocenters. The number of rotatable bonds is 9. The Kier molecular flexibility index (Phi) is 6.17. The van der Waals surface area contributed by atoms with Crippen molar-refractivity contribution in [3.05, 3.63) is 0 Å². The van der Waals surface area contributed by atoms with Gasteiger partial charge in [-0.2, -0.15) is 0 Å². The highest BCUT2D eigenvalue weighted by atomic mass is 16.7. The van der Waals surface area contributed by atoms with E-state index in [1.165, 1.54) is 12.8 Å². The largest absolute Gasteiger partial charge is 0.380 e. The maximum Gasteiger partial charge on any atom is 0.169 e. The first kappa shape index (κ1) is 12.9. The van der Waals surface area contributed by atoms with Gasteiger partial charge in [0.25, 0.3) is 0 Å². The van der Waals surface area contributed by atoms with Crippen LogP contribution in [0.5, 0.6) is 0 Å². The second kappa shape index (κ2) is 7.17. The molecule has 0 atom stereocenters. The molecular formula is C11H23NO3. The smallest absolute Gasteiger partial charge is 0.169 e. The molecule has 90 valence electrons. The molecule has 0 heterocycles. The van der Waals surface area contributed by atoms with Gasteiger partial charge in [-0.3, -0.25) is 4.90 Å². The van der Waals surface area contributed by atoms with Gasteiger partial charge in [0.1, 0.15) is 0 Å². The molecule has 0 aliphatic heterocycles. The van der Waals surface area contributed by atoms with E-state index in [-0.39, 0.29) is 6.29 Å². The Morgan fingerprint density at radius 3 is 2.47 bits per heavy atom. The van der Waals surface area contributed by atoms with Gasteiger partial charge >= 0.3 is 0 Å². The highest BCUT2D eigenvalue weighted by Gasteiger charge is 2.21. The maximum atomic E-state index is 5.55. The van der Waals surface area contributed by atoms with E-state index < -0.39 is 0 Å². The molecule has 4 nitrogen and oxygen atoms in total. The fraction of sp³-hybridized carbons (Fsp3) is 1.00. The van der Waals surface area contributed by atoms with Crippen LogP contribution in [-0.4, -0.2) is 58.8 Å². The standard InChI is InChI=1S/C11H23NO3/c1-12(8-11(13-2)14-3)6-7-15-9-10-4-5-10/h10-11H,4-9H2,1-3H3. The Bertz CT molecular complexity index is 158. The van der Waals surface area contributed by atoms with Crippen LogP contribution in [0, 0.1) is 5.92 Å². The molecule has 0 radical (unpaired) electrons. The molecule has 15 heavy (non-hydrogen) atoms. The van der Waals surface area contributed by atoms with Crippen LogP contribution in [0.1, 0.15) is 12.8 Å². The van der Waals surface area contributed by atoms with Crippen molar-refractivity contribution in [2.45, 2.75) is 19.1 Å². The summed E-state index contributed by atoms with van der Waals surface area (Å²) in [7, 11) is 5.36. The van der Waals surface area contributed by atoms with Crippen LogP contribution in [0.25, 0.3) is 0 Å². The highest BCUT2D eigenvalue weighted by Crippen LogP contribution is 2.28. The first-order chi connectivity index (χ1) is 7.26. The van der Waals surface area contributed by atoms with E-state index in [1.807, 2.05) is 7.05 Å². The summed E-state index contributed by atoms with van der Waals surface area (Å²) in [5, 5.41) is 0. The Morgan fingerprint density at radius 1 is 1.27 bits per heavy atom. The minimum absolute atomic E-state index is 0.140. The van der Waals surface area contributed by atoms with Gasteiger partial charge in [-0.1, -0.05) is 0 Å². The Hall–Kier alpha value is -0.160. The van der Waals surface area contributed by atoms with E-state index in [1.54, 1.807) is 14.2 Å². The summed E-state index contributed by atoms with van der Waals surface area (Å²) in [5.41, 5.74) is 0. The van der Waals surface area contributed by atoms with E-state index in [2.05, 4.69) is 4.90 Å². The van der Waals surface area contributed by atoms with Gasteiger partial charge < -0.3 is 14.2 Å². The molecule has 1 saturated carbocycles. The van der Waals surface area contributed by atoms with Crippen molar-refractivity contribution in [3.8, 4) is 0 Å². The molecule has 0 saturated heterocycles. The Labute approximate surface area is 92.5 Å². The van der Waals surface area contributed by atoms with Crippen LogP contribution in [-0.2, 0) is 14.2 Å². The predicted octanol–water partition coefficient (Wildman–Crippen LogP) is 0.964. The second-order valence-corrected chi connectivity index (χ2v) is 4.18. The van der Waals surface area contributed by atoms with Gasteiger partial charge in [-0.25, -0.2) is 0 Å². The van der Waals surface area contributed by atoms with E-state index in [4.69, 9.17) is 14.2 Å². The highest BCUT2D eigenvalue weighted by molar-refractivity contribution is 4.72. The molecule has 0 aromatic rings. The summed E-state index contributed by atoms with van der Waals surface area (Å²) in [6, 6.07) is 0. The summed E-state index contributed by atoms with van der Waals surface area (Å²) in [6.45, 7) is 3.44. The van der Waals surface area contributed by atoms with Crippen molar-refractivity contribution in [3.63, 3.8) is 0 Å². The zero-order valence-electron chi connectivity index (χ0n) is 10.1. The van der Waals surface area contributed by atoms with Crippen molar-refractivity contribution < 1.29 is 14.2 Å². The lowest BCUT2D eigenvalue weighted by Crippen LogP contribution is -2.33. The van der Waals surface area contributed by atoms with E-state index >= 15 is 0 Å². The fourth-order valence-corrected chi connectivity index (χ4v) is 1.35. The fourth-order valence-electron chi connectivity index (χ4n) is 1.35. The summed E-state index contributed by atoms with van der Waals surface area (Å²) < 4.78 is 15.8. The van der Waals surface area contributed by atoms with Crippen molar-refractivity contribution in [1.82, 2.24) is 4.90 Å². The lowest BCUT2D eigenvalue weighted by Gasteiger charge is -2.21. The van der Waals surface area contributed by atoms with Crippen LogP contribution in [0.4, 0.5) is 0 Å². The molecule has 0 bridgehead atoms. The molecule has 1 rings (SSSR count). The van der Waals surface area contributed by atoms with Gasteiger partial charge in [0.05, 0.1) is 6.61 Å². The Morgan fingerprint density at radius 2 is 1.93 bits per heavy atom. The number of ether oxygens (including phenoxy) is 3. The third kappa shape index (κ3) is 6.10. The van der Waals surface area contributed by atoms with Gasteiger partial charge in [0.2, 0.25) is 0 Å². The minimum Gasteiger partial charge on any atom is -0.380 e. The van der Waals surface area contributed by atoms with Crippen molar-refractivity contribution in [1.29, 1.82) is 0 Å². The molecule has 1 fully saturated rings. The van der Waals surface area contributed by atoms with Crippen molar-refractivity contribution in [2.75, 3.05) is 47.6 Å². The van der Waals surface area contributed by atoms with Crippen LogP contribution in [0.2, 0.25) is 0 Å². The topological polar surface area (TPSA) is 30.9 Å². The lowest BCUT2D eigenvalue weighted by atomic mass is 10.4. The lowest BCUT2D eigenvalue weighted by molar-refractivity contribution is -0.114. The maximum absolute atomic E-state index is 5.55. The van der Waals surface area contributed by atoms with Crippen LogP contribution < -0.4 is 0 Å². The number of hydrogen-bond donors (Lipinski definition) is 0. The van der Waals surface area contributed by atoms with Crippen LogP contribution >= 0.6 is 0 Å². The number of methoxy groups -OCH3 is 2. The average molecular weight is 217 g/mol. The van der Waals surface area contributed by atoms with E-state index in [0.29, 0.717) is 0 Å². The average Bonchev–Trinajstić information content (AvgIpc) is 3.05. The molecule has 1 aliphatic carbocycles. The van der Waals surface area contributed by atoms with Gasteiger partial charge in [0.15, 0.2) is 6.29 Å². The summed E-state index contributed by atoms with van der Waals surface area (Å²) in [5.74, 6) is 0.848. The molecule has 0 amide bonds. The first-order valence-corrected chi connectivity index (χ1v) is 5.58. The number of nitrogens with zero attached hydrogens (tertiary/aromatic N) is 1. The molecule has 0 aromatic carbocycles. The van der Waals surface area contributed by atoms with E-state index in [0.717, 1.165) is 32.2 Å². The molecule has 4 heteroatoms. The third-order valence-electron chi connectivity index (χ3n) is 2.65. The van der Waals surface area contributed by atoms with Gasteiger partial charge in [0, 0.05) is 33.9 Å². The zero-order chi connectivity index (χ0) is 11.1. The first-order valence-electron chi connectivity index (χ1n) is 5.58. The molecule has 0 N–H and O–H groups in total. The summed E-state index contributed by atoms with van der Waals surface area (Å²) in [4.78, 5) is 2.16. The third-order valence-corrected chi connectivity index (χ3v) is 2.65. The SMILES string of the molecule is COC(CN(C)CCOCC1CC1)OC. The molecule has 1 aliphatic rings. The van der Waals surface area contributed by atoms with Crippen molar-refractivity contribution >= 4 is 0 Å². The molecular weight excluding hydrogens is 194 g/mol. The molecule has 0 aromatic heterocycles. The predicted molar refractivity (Wildman–Crippen MR) is 58.8 cm³/mol. The number of hydrogen-bond acceptors (Lipinski definition) is 4. The van der Waals surface area contributed by atoms with Crippen LogP contribution in [0.15, 0.2) is 0 Å². The van der Waals surface area contributed by atoms with Gasteiger partial charge in [-0.15, -0.1) is 0 Å². The summed E-state index contributed by atoms with van der Waals surface area (Å²) in [6.07, 6.45) is 2.56. The van der Waals surface area contributed by atoms with Gasteiger partial charge in [-0.05, 0) is 25.8 Å². The van der Waals surface area contributed by atoms with Crippen LogP contribution in [0.3, 0.4) is 0 Å². The van der Waals surface area contributed by atoms with E-state index in [9.17, 15) is 0 Å². The minimum atomic E-state index is -0.140. The Balaban J connectivity index is 1.93. The quantitative estimate of drug-likeness (QED) is 0.425. The zero-order valence-corrected chi connectivity index (χ0v) is 10.1. The molecule has 0 spiro atoms.